The summed E-state index contributed by atoms with van der Waals surface area (Å²) in [5.41, 5.74) is -1.43. The molecule has 110 valence electrons. The van der Waals surface area contributed by atoms with Crippen molar-refractivity contribution >= 4 is 17.5 Å². The molecule has 0 spiro atoms. The molecule has 2 rings (SSSR count). The molecular formula is C14H11F3N2O2. The molecule has 0 atom stereocenters. The number of anilines is 1. The van der Waals surface area contributed by atoms with Gasteiger partial charge in [0, 0.05) is 12.8 Å². The number of amides is 2. The summed E-state index contributed by atoms with van der Waals surface area (Å²) in [5.74, 6) is -1.12. The van der Waals surface area contributed by atoms with Crippen molar-refractivity contribution < 1.29 is 22.8 Å². The van der Waals surface area contributed by atoms with Crippen molar-refractivity contribution in [3.63, 3.8) is 0 Å². The molecule has 1 aliphatic rings. The van der Waals surface area contributed by atoms with Gasteiger partial charge in [-0.15, -0.1) is 0 Å². The first kappa shape index (κ1) is 15.0. The first-order chi connectivity index (χ1) is 9.74. The van der Waals surface area contributed by atoms with Crippen molar-refractivity contribution in [1.82, 2.24) is 0 Å². The van der Waals surface area contributed by atoms with E-state index in [-0.39, 0.29) is 30.0 Å². The Morgan fingerprint density at radius 2 is 1.81 bits per heavy atom. The fourth-order valence-electron chi connectivity index (χ4n) is 2.26. The number of nitrogens with zero attached hydrogens (tertiary/aromatic N) is 2. The van der Waals surface area contributed by atoms with Gasteiger partial charge >= 0.3 is 6.18 Å². The number of benzene rings is 1. The first-order valence-electron chi connectivity index (χ1n) is 6.21. The Morgan fingerprint density at radius 3 is 2.29 bits per heavy atom. The van der Waals surface area contributed by atoms with Crippen molar-refractivity contribution in [3.8, 4) is 6.07 Å². The molecule has 0 aromatic heterocycles. The van der Waals surface area contributed by atoms with Crippen molar-refractivity contribution in [2.45, 2.75) is 25.9 Å². The molecule has 7 heteroatoms. The second kappa shape index (κ2) is 5.20. The maximum Gasteiger partial charge on any atom is 0.416 e. The monoisotopic (exact) mass is 296 g/mol. The minimum atomic E-state index is -4.59. The lowest BCUT2D eigenvalue weighted by atomic mass is 9.96. The van der Waals surface area contributed by atoms with Crippen LogP contribution in [-0.4, -0.2) is 11.8 Å². The fraction of sp³-hybridized carbons (Fsp3) is 0.357. The Bertz CT molecular complexity index is 629. The van der Waals surface area contributed by atoms with Crippen molar-refractivity contribution in [2.75, 3.05) is 4.90 Å². The molecule has 2 amide bonds. The van der Waals surface area contributed by atoms with Crippen LogP contribution in [-0.2, 0) is 15.8 Å². The quantitative estimate of drug-likeness (QED) is 0.749. The third-order valence-electron chi connectivity index (χ3n) is 3.23. The van der Waals surface area contributed by atoms with Crippen LogP contribution in [0.3, 0.4) is 0 Å². The second-order valence-electron chi connectivity index (χ2n) is 4.98. The predicted molar refractivity (Wildman–Crippen MR) is 67.1 cm³/mol. The van der Waals surface area contributed by atoms with Crippen LogP contribution < -0.4 is 4.90 Å². The average molecular weight is 296 g/mol. The van der Waals surface area contributed by atoms with Gasteiger partial charge in [0.2, 0.25) is 11.8 Å². The summed E-state index contributed by atoms with van der Waals surface area (Å²) < 4.78 is 37.9. The molecular weight excluding hydrogens is 285 g/mol. The lowest BCUT2D eigenvalue weighted by Gasteiger charge is -2.29. The Labute approximate surface area is 118 Å². The Hall–Kier alpha value is -2.36. The van der Waals surface area contributed by atoms with Crippen LogP contribution in [0, 0.1) is 17.2 Å². The number of carbonyl (C=O) groups excluding carboxylic acids is 2. The van der Waals surface area contributed by atoms with E-state index < -0.39 is 23.6 Å². The van der Waals surface area contributed by atoms with Crippen LogP contribution in [0.4, 0.5) is 18.9 Å². The van der Waals surface area contributed by atoms with E-state index in [1.54, 1.807) is 13.0 Å². The standard InChI is InChI=1S/C14H11F3N2O2/c1-8-4-12(20)19(13(21)5-8)11-3-2-10(14(15,16)17)6-9(11)7-18/h2-3,6,8H,4-5H2,1H3. The molecule has 4 nitrogen and oxygen atoms in total. The normalized spacial score (nSPS) is 17.0. The minimum absolute atomic E-state index is 0.0904. The zero-order valence-corrected chi connectivity index (χ0v) is 11.1. The predicted octanol–water partition coefficient (Wildman–Crippen LogP) is 2.87. The maximum absolute atomic E-state index is 12.6. The van der Waals surface area contributed by atoms with Crippen LogP contribution in [0.15, 0.2) is 18.2 Å². The number of halogens is 3. The average Bonchev–Trinajstić information content (AvgIpc) is 2.36. The number of carbonyl (C=O) groups is 2. The van der Waals surface area contributed by atoms with Crippen molar-refractivity contribution in [2.24, 2.45) is 5.92 Å². The number of rotatable bonds is 1. The molecule has 1 heterocycles. The highest BCUT2D eigenvalue weighted by atomic mass is 19.4. The summed E-state index contributed by atoms with van der Waals surface area (Å²) in [4.78, 5) is 24.7. The molecule has 1 aliphatic heterocycles. The van der Waals surface area contributed by atoms with Gasteiger partial charge < -0.3 is 0 Å². The molecule has 0 radical (unpaired) electrons. The largest absolute Gasteiger partial charge is 0.416 e. The van der Waals surface area contributed by atoms with Crippen LogP contribution in [0.2, 0.25) is 0 Å². The fourth-order valence-corrected chi connectivity index (χ4v) is 2.26. The van der Waals surface area contributed by atoms with Crippen molar-refractivity contribution in [3.05, 3.63) is 29.3 Å². The third kappa shape index (κ3) is 2.89. The molecule has 0 N–H and O–H groups in total. The van der Waals surface area contributed by atoms with Crippen LogP contribution in [0.25, 0.3) is 0 Å². The number of hydrogen-bond donors (Lipinski definition) is 0. The number of alkyl halides is 3. The first-order valence-corrected chi connectivity index (χ1v) is 6.21. The third-order valence-corrected chi connectivity index (χ3v) is 3.23. The Kier molecular flexibility index (Phi) is 3.73. The lowest BCUT2D eigenvalue weighted by Crippen LogP contribution is -2.43. The van der Waals surface area contributed by atoms with Crippen LogP contribution >= 0.6 is 0 Å². The zero-order valence-electron chi connectivity index (χ0n) is 11.1. The molecule has 0 aliphatic carbocycles. The minimum Gasteiger partial charge on any atom is -0.274 e. The maximum atomic E-state index is 12.6. The highest BCUT2D eigenvalue weighted by Gasteiger charge is 2.35. The van der Waals surface area contributed by atoms with E-state index >= 15 is 0 Å². The summed E-state index contributed by atoms with van der Waals surface area (Å²) in [6.45, 7) is 1.74. The Balaban J connectivity index is 2.47. The van der Waals surface area contributed by atoms with Gasteiger partial charge in [-0.1, -0.05) is 6.92 Å². The number of imide groups is 1. The second-order valence-corrected chi connectivity index (χ2v) is 4.98. The van der Waals surface area contributed by atoms with Gasteiger partial charge in [-0.3, -0.25) is 9.59 Å². The number of nitriles is 1. The van der Waals surface area contributed by atoms with Crippen LogP contribution in [0.5, 0.6) is 0 Å². The van der Waals surface area contributed by atoms with E-state index in [2.05, 4.69) is 0 Å². The molecule has 1 saturated heterocycles. The van der Waals surface area contributed by atoms with Crippen molar-refractivity contribution in [1.29, 1.82) is 5.26 Å². The van der Waals surface area contributed by atoms with Gasteiger partial charge in [0.05, 0.1) is 16.8 Å². The van der Waals surface area contributed by atoms with Gasteiger partial charge in [-0.2, -0.15) is 18.4 Å². The summed E-state index contributed by atoms with van der Waals surface area (Å²) in [6.07, 6.45) is -4.34. The van der Waals surface area contributed by atoms with Crippen LogP contribution in [0.1, 0.15) is 30.9 Å². The topological polar surface area (TPSA) is 61.2 Å². The summed E-state index contributed by atoms with van der Waals surface area (Å²) in [7, 11) is 0. The zero-order chi connectivity index (χ0) is 15.8. The smallest absolute Gasteiger partial charge is 0.274 e. The lowest BCUT2D eigenvalue weighted by molar-refractivity contribution is -0.137. The van der Waals surface area contributed by atoms with E-state index in [0.717, 1.165) is 17.0 Å². The van der Waals surface area contributed by atoms with Gasteiger partial charge in [-0.25, -0.2) is 4.90 Å². The molecule has 0 unspecified atom stereocenters. The summed E-state index contributed by atoms with van der Waals surface area (Å²) in [6, 6.07) is 4.01. The summed E-state index contributed by atoms with van der Waals surface area (Å²) in [5, 5.41) is 9.00. The SMILES string of the molecule is CC1CC(=O)N(c2ccc(C(F)(F)F)cc2C#N)C(=O)C1. The highest BCUT2D eigenvalue weighted by molar-refractivity contribution is 6.17. The molecule has 21 heavy (non-hydrogen) atoms. The molecule has 0 bridgehead atoms. The number of piperidine rings is 1. The Morgan fingerprint density at radius 1 is 1.24 bits per heavy atom. The van der Waals surface area contributed by atoms with E-state index in [1.807, 2.05) is 0 Å². The van der Waals surface area contributed by atoms with E-state index in [1.165, 1.54) is 0 Å². The van der Waals surface area contributed by atoms with Gasteiger partial charge in [-0.05, 0) is 24.1 Å². The van der Waals surface area contributed by atoms with Gasteiger partial charge in [0.1, 0.15) is 6.07 Å². The number of hydrogen-bond acceptors (Lipinski definition) is 3. The molecule has 1 aromatic rings. The highest BCUT2D eigenvalue weighted by Crippen LogP contribution is 2.34. The van der Waals surface area contributed by atoms with Gasteiger partial charge in [0.25, 0.3) is 0 Å². The van der Waals surface area contributed by atoms with E-state index in [9.17, 15) is 22.8 Å². The van der Waals surface area contributed by atoms with Gasteiger partial charge in [0.15, 0.2) is 0 Å². The van der Waals surface area contributed by atoms with E-state index in [0.29, 0.717) is 6.07 Å². The van der Waals surface area contributed by atoms with E-state index in [4.69, 9.17) is 5.26 Å². The summed E-state index contributed by atoms with van der Waals surface area (Å²) >= 11 is 0. The molecule has 1 aromatic carbocycles. The molecule has 1 fully saturated rings. The molecule has 0 saturated carbocycles.